The lowest BCUT2D eigenvalue weighted by atomic mass is 10.1. The van der Waals surface area contributed by atoms with Gasteiger partial charge in [-0.3, -0.25) is 9.78 Å². The van der Waals surface area contributed by atoms with Crippen molar-refractivity contribution >= 4 is 16.9 Å². The number of aromatic nitrogens is 7. The SMILES string of the molecule is COc1ccc(-c2cnc3[nH]n(Cc4ccc5ncnn5c4)c3n2)cc1. The van der Waals surface area contributed by atoms with E-state index in [-0.39, 0.29) is 0 Å². The Labute approximate surface area is 148 Å². The number of hydrogen-bond acceptors (Lipinski definition) is 5. The highest BCUT2D eigenvalue weighted by Crippen LogP contribution is 2.22. The Balaban J connectivity index is 1.47. The summed E-state index contributed by atoms with van der Waals surface area (Å²) in [6.45, 7) is 0.656. The molecule has 0 radical (unpaired) electrons. The van der Waals surface area contributed by atoms with E-state index in [1.165, 1.54) is 0 Å². The number of methoxy groups -OCH3 is 1. The molecule has 0 aliphatic carbocycles. The Kier molecular flexibility index (Phi) is 3.21. The van der Waals surface area contributed by atoms with E-state index in [9.17, 15) is 0 Å². The molecule has 128 valence electrons. The molecule has 1 aromatic carbocycles. The van der Waals surface area contributed by atoms with Crippen LogP contribution < -0.4 is 4.74 Å². The Hall–Kier alpha value is -3.68. The van der Waals surface area contributed by atoms with Gasteiger partial charge in [0, 0.05) is 11.8 Å². The number of rotatable bonds is 4. The van der Waals surface area contributed by atoms with Gasteiger partial charge in [0.25, 0.3) is 0 Å². The maximum atomic E-state index is 5.20. The van der Waals surface area contributed by atoms with Crippen LogP contribution in [-0.4, -0.2) is 41.5 Å². The second-order valence-corrected chi connectivity index (χ2v) is 5.95. The number of benzene rings is 1. The quantitative estimate of drug-likeness (QED) is 0.541. The van der Waals surface area contributed by atoms with Crippen molar-refractivity contribution in [2.45, 2.75) is 6.54 Å². The monoisotopic (exact) mass is 345 g/mol. The fourth-order valence-corrected chi connectivity index (χ4v) is 2.93. The number of nitrogens with one attached hydrogen (secondary N) is 1. The first-order valence-corrected chi connectivity index (χ1v) is 8.14. The summed E-state index contributed by atoms with van der Waals surface area (Å²) in [6.07, 6.45) is 5.28. The molecule has 5 aromatic rings. The van der Waals surface area contributed by atoms with Crippen LogP contribution in [-0.2, 0) is 6.54 Å². The van der Waals surface area contributed by atoms with Gasteiger partial charge in [-0.25, -0.2) is 19.5 Å². The van der Waals surface area contributed by atoms with Gasteiger partial charge in [-0.05, 0) is 35.9 Å². The van der Waals surface area contributed by atoms with E-state index in [0.29, 0.717) is 6.54 Å². The standard InChI is InChI=1S/C18H15N7O/c1-26-14-5-3-13(4-6-14)15-8-19-17-18(22-15)25(23-17)10-12-2-7-16-20-11-21-24(16)9-12/h2-9,11H,10H2,1H3,(H,19,23). The van der Waals surface area contributed by atoms with Crippen molar-refractivity contribution < 1.29 is 4.74 Å². The fourth-order valence-electron chi connectivity index (χ4n) is 2.93. The number of pyridine rings is 1. The van der Waals surface area contributed by atoms with Crippen LogP contribution in [0.2, 0.25) is 0 Å². The zero-order valence-corrected chi connectivity index (χ0v) is 14.0. The Morgan fingerprint density at radius 3 is 2.81 bits per heavy atom. The number of fused-ring (bicyclic) bond motifs is 2. The zero-order valence-electron chi connectivity index (χ0n) is 14.0. The van der Waals surface area contributed by atoms with Gasteiger partial charge in [-0.2, -0.15) is 5.10 Å². The molecule has 0 saturated heterocycles. The van der Waals surface area contributed by atoms with Gasteiger partial charge in [-0.15, -0.1) is 0 Å². The lowest BCUT2D eigenvalue weighted by Gasteiger charge is -2.15. The molecule has 0 aliphatic heterocycles. The first-order valence-electron chi connectivity index (χ1n) is 8.14. The van der Waals surface area contributed by atoms with Crippen molar-refractivity contribution in [3.05, 3.63) is 60.7 Å². The minimum Gasteiger partial charge on any atom is -0.497 e. The van der Waals surface area contributed by atoms with Crippen molar-refractivity contribution in [3.8, 4) is 17.0 Å². The van der Waals surface area contributed by atoms with E-state index < -0.39 is 0 Å². The number of nitrogens with zero attached hydrogens (tertiary/aromatic N) is 6. The molecule has 4 heterocycles. The Bertz CT molecular complexity index is 1200. The second-order valence-electron chi connectivity index (χ2n) is 5.95. The molecular weight excluding hydrogens is 330 g/mol. The molecule has 0 unspecified atom stereocenters. The third kappa shape index (κ3) is 2.39. The van der Waals surface area contributed by atoms with Gasteiger partial charge in [-0.1, -0.05) is 6.07 Å². The molecule has 8 nitrogen and oxygen atoms in total. The predicted molar refractivity (Wildman–Crippen MR) is 96.0 cm³/mol. The number of H-pyrrole nitrogens is 1. The van der Waals surface area contributed by atoms with Crippen LogP contribution in [0.25, 0.3) is 28.2 Å². The van der Waals surface area contributed by atoms with Crippen LogP contribution in [0.1, 0.15) is 5.56 Å². The van der Waals surface area contributed by atoms with Crippen LogP contribution in [0.3, 0.4) is 0 Å². The molecule has 5 rings (SSSR count). The summed E-state index contributed by atoms with van der Waals surface area (Å²) in [5.41, 5.74) is 5.35. The third-order valence-corrected chi connectivity index (χ3v) is 4.31. The van der Waals surface area contributed by atoms with Crippen molar-refractivity contribution in [2.24, 2.45) is 0 Å². The van der Waals surface area contributed by atoms with Crippen molar-refractivity contribution in [1.29, 1.82) is 0 Å². The molecule has 0 atom stereocenters. The Morgan fingerprint density at radius 2 is 1.96 bits per heavy atom. The smallest absolute Gasteiger partial charge is 0.193 e. The first-order chi connectivity index (χ1) is 12.8. The van der Waals surface area contributed by atoms with Crippen LogP contribution >= 0.6 is 0 Å². The minimum atomic E-state index is 0.656. The highest BCUT2D eigenvalue weighted by atomic mass is 16.5. The van der Waals surface area contributed by atoms with E-state index in [1.807, 2.05) is 47.3 Å². The number of hydrogen-bond donors (Lipinski definition) is 1. The van der Waals surface area contributed by atoms with E-state index in [1.54, 1.807) is 24.1 Å². The maximum absolute atomic E-state index is 5.20. The summed E-state index contributed by atoms with van der Waals surface area (Å²) in [5, 5.41) is 7.38. The topological polar surface area (TPSA) is 85.9 Å². The Morgan fingerprint density at radius 1 is 1.08 bits per heavy atom. The van der Waals surface area contributed by atoms with Crippen LogP contribution in [0.15, 0.2) is 55.1 Å². The summed E-state index contributed by atoms with van der Waals surface area (Å²) in [4.78, 5) is 13.3. The molecule has 0 aliphatic rings. The van der Waals surface area contributed by atoms with Gasteiger partial charge in [0.1, 0.15) is 12.1 Å². The predicted octanol–water partition coefficient (Wildman–Crippen LogP) is 2.53. The van der Waals surface area contributed by atoms with Gasteiger partial charge < -0.3 is 4.74 Å². The lowest BCUT2D eigenvalue weighted by Crippen LogP contribution is -2.15. The molecular formula is C18H15N7O. The zero-order chi connectivity index (χ0) is 17.5. The van der Waals surface area contributed by atoms with Crippen molar-refractivity contribution in [3.63, 3.8) is 0 Å². The van der Waals surface area contributed by atoms with Crippen molar-refractivity contribution in [2.75, 3.05) is 7.11 Å². The molecule has 8 heteroatoms. The molecule has 0 amide bonds. The lowest BCUT2D eigenvalue weighted by molar-refractivity contribution is 0.415. The summed E-state index contributed by atoms with van der Waals surface area (Å²) in [5.74, 6) is 0.817. The van der Waals surface area contributed by atoms with Gasteiger partial charge >= 0.3 is 0 Å². The van der Waals surface area contributed by atoms with Crippen LogP contribution in [0.4, 0.5) is 0 Å². The van der Waals surface area contributed by atoms with Crippen LogP contribution in [0, 0.1) is 0 Å². The summed E-state index contributed by atoms with van der Waals surface area (Å²) < 4.78 is 8.93. The molecule has 0 bridgehead atoms. The number of ether oxygens (including phenoxy) is 1. The van der Waals surface area contributed by atoms with Crippen molar-refractivity contribution in [1.82, 2.24) is 34.3 Å². The average Bonchev–Trinajstić information content (AvgIpc) is 3.14. The average molecular weight is 345 g/mol. The van der Waals surface area contributed by atoms with E-state index in [4.69, 9.17) is 9.72 Å². The minimum absolute atomic E-state index is 0.656. The van der Waals surface area contributed by atoms with E-state index >= 15 is 0 Å². The molecule has 0 saturated carbocycles. The van der Waals surface area contributed by atoms with Gasteiger partial charge in [0.05, 0.1) is 25.5 Å². The van der Waals surface area contributed by atoms with E-state index in [2.05, 4.69) is 20.2 Å². The van der Waals surface area contributed by atoms with E-state index in [0.717, 1.165) is 39.5 Å². The maximum Gasteiger partial charge on any atom is 0.193 e. The highest BCUT2D eigenvalue weighted by Gasteiger charge is 2.12. The molecule has 0 fully saturated rings. The van der Waals surface area contributed by atoms with Gasteiger partial charge in [0.15, 0.2) is 16.9 Å². The normalized spacial score (nSPS) is 11.4. The second kappa shape index (κ2) is 5.69. The largest absolute Gasteiger partial charge is 0.497 e. The highest BCUT2D eigenvalue weighted by molar-refractivity contribution is 5.72. The summed E-state index contributed by atoms with van der Waals surface area (Å²) in [7, 11) is 1.65. The molecule has 4 aromatic heterocycles. The van der Waals surface area contributed by atoms with Gasteiger partial charge in [0.2, 0.25) is 0 Å². The first kappa shape index (κ1) is 14.6. The third-order valence-electron chi connectivity index (χ3n) is 4.31. The summed E-state index contributed by atoms with van der Waals surface area (Å²) in [6, 6.07) is 11.8. The van der Waals surface area contributed by atoms with Crippen LogP contribution in [0.5, 0.6) is 5.75 Å². The fraction of sp³-hybridized carbons (Fsp3) is 0.111. The molecule has 1 N–H and O–H groups in total. The number of aromatic amines is 1. The summed E-state index contributed by atoms with van der Waals surface area (Å²) >= 11 is 0. The molecule has 0 spiro atoms. The molecule has 26 heavy (non-hydrogen) atoms.